The first-order valence-electron chi connectivity index (χ1n) is 14.2. The molecule has 0 spiro atoms. The zero-order valence-corrected chi connectivity index (χ0v) is 22.1. The van der Waals surface area contributed by atoms with Gasteiger partial charge in [-0.25, -0.2) is 4.39 Å². The van der Waals surface area contributed by atoms with Gasteiger partial charge in [0, 0.05) is 32.0 Å². The van der Waals surface area contributed by atoms with Crippen LogP contribution in [0.3, 0.4) is 0 Å². The van der Waals surface area contributed by atoms with Crippen LogP contribution < -0.4 is 0 Å². The highest BCUT2D eigenvalue weighted by atomic mass is 19.1. The second-order valence-electron chi connectivity index (χ2n) is 11.0. The minimum absolute atomic E-state index is 0.0554. The van der Waals surface area contributed by atoms with E-state index in [1.54, 1.807) is 0 Å². The highest BCUT2D eigenvalue weighted by molar-refractivity contribution is 5.21. The van der Waals surface area contributed by atoms with Crippen LogP contribution in [-0.2, 0) is 18.9 Å². The normalized spacial score (nSPS) is 35.8. The summed E-state index contributed by atoms with van der Waals surface area (Å²) in [6.45, 7) is 5.26. The smallest absolute Gasteiger partial charge is 0.158 e. The third-order valence-corrected chi connectivity index (χ3v) is 8.30. The van der Waals surface area contributed by atoms with E-state index in [1.165, 1.54) is 0 Å². The highest BCUT2D eigenvalue weighted by Crippen LogP contribution is 2.52. The van der Waals surface area contributed by atoms with Gasteiger partial charge < -0.3 is 24.1 Å². The Morgan fingerprint density at radius 1 is 1.11 bits per heavy atom. The first kappa shape index (κ1) is 27.8. The molecule has 2 aliphatic heterocycles. The van der Waals surface area contributed by atoms with Gasteiger partial charge in [-0.15, -0.1) is 11.8 Å². The van der Waals surface area contributed by atoms with Gasteiger partial charge in [-0.2, -0.15) is 0 Å². The average molecular weight is 505 g/mol. The molecular weight excluding hydrogens is 459 g/mol. The fraction of sp³-hybridized carbons (Fsp3) is 0.800. The first-order valence-corrected chi connectivity index (χ1v) is 14.2. The van der Waals surface area contributed by atoms with Crippen LogP contribution in [0.5, 0.6) is 0 Å². The summed E-state index contributed by atoms with van der Waals surface area (Å²) in [6.07, 6.45) is 14.3. The topological polar surface area (TPSA) is 57.2 Å². The Labute approximate surface area is 216 Å². The molecule has 4 rings (SSSR count). The fourth-order valence-corrected chi connectivity index (χ4v) is 6.28. The van der Waals surface area contributed by atoms with Crippen LogP contribution in [-0.4, -0.2) is 49.7 Å². The Balaban J connectivity index is 1.51. The summed E-state index contributed by atoms with van der Waals surface area (Å²) in [5.41, 5.74) is 0.782. The summed E-state index contributed by atoms with van der Waals surface area (Å²) in [5.74, 6) is 7.20. The number of hydrogen-bond acceptors (Lipinski definition) is 5. The molecule has 2 heterocycles. The lowest BCUT2D eigenvalue weighted by atomic mass is 9.89. The number of aliphatic hydroxyl groups is 1. The largest absolute Gasteiger partial charge is 0.389 e. The zero-order valence-electron chi connectivity index (χ0n) is 22.1. The summed E-state index contributed by atoms with van der Waals surface area (Å²) in [7, 11) is 0. The van der Waals surface area contributed by atoms with Crippen molar-refractivity contribution in [2.45, 2.75) is 109 Å². The molecule has 0 amide bonds. The van der Waals surface area contributed by atoms with Gasteiger partial charge in [0.15, 0.2) is 12.6 Å². The summed E-state index contributed by atoms with van der Waals surface area (Å²) in [5, 5.41) is 9.35. The Kier molecular flexibility index (Phi) is 10.9. The number of aliphatic hydroxyl groups excluding tert-OH is 1. The minimum atomic E-state index is -0.501. The highest BCUT2D eigenvalue weighted by Gasteiger charge is 2.48. The molecule has 1 N–H and O–H groups in total. The third kappa shape index (κ3) is 7.42. The lowest BCUT2D eigenvalue weighted by Gasteiger charge is -2.31. The van der Waals surface area contributed by atoms with Crippen LogP contribution in [0.4, 0.5) is 4.39 Å². The number of rotatable bonds is 9. The maximum absolute atomic E-state index is 14.3. The van der Waals surface area contributed by atoms with Crippen LogP contribution >= 0.6 is 0 Å². The predicted molar refractivity (Wildman–Crippen MR) is 137 cm³/mol. The average Bonchev–Trinajstić information content (AvgIpc) is 3.45. The van der Waals surface area contributed by atoms with Gasteiger partial charge in [0.05, 0.1) is 18.8 Å². The maximum atomic E-state index is 14.3. The molecule has 2 aliphatic carbocycles. The molecule has 3 unspecified atom stereocenters. The maximum Gasteiger partial charge on any atom is 0.158 e. The molecule has 0 bridgehead atoms. The number of fused-ring (bicyclic) bond motifs is 1. The predicted octanol–water partition coefficient (Wildman–Crippen LogP) is 6.07. The van der Waals surface area contributed by atoms with Crippen molar-refractivity contribution in [2.24, 2.45) is 23.7 Å². The molecule has 36 heavy (non-hydrogen) atoms. The van der Waals surface area contributed by atoms with Crippen molar-refractivity contribution in [3.63, 3.8) is 0 Å². The Hall–Kier alpha value is -1.23. The van der Waals surface area contributed by atoms with Crippen molar-refractivity contribution >= 4 is 0 Å². The molecular formula is C30H45FO5. The van der Waals surface area contributed by atoms with Crippen molar-refractivity contribution < 1.29 is 28.4 Å². The molecule has 8 atom stereocenters. The Morgan fingerprint density at radius 2 is 1.86 bits per heavy atom. The number of ether oxygens (including phenoxy) is 4. The third-order valence-electron chi connectivity index (χ3n) is 8.30. The van der Waals surface area contributed by atoms with Crippen LogP contribution in [0, 0.1) is 35.5 Å². The second kappa shape index (κ2) is 14.1. The molecule has 0 radical (unpaired) electrons. The standard InChI is InChI=1S/C30H45FO5/c1-3-4-5-10-21(2)27(35-29-11-6-8-15-33-29)14-13-24-25-18-23(26(31)20-32)17-22(25)19-28(24)36-30-12-7-9-16-34-30/h13-14,21-22,24-25,27-30,32H,3,6-12,15-20H2,1-2H3/b14-13+,26-23+/t21?,22-,24+,25-,27+,28+,29?,30?/m0/s1. The van der Waals surface area contributed by atoms with E-state index < -0.39 is 6.61 Å². The van der Waals surface area contributed by atoms with E-state index in [4.69, 9.17) is 18.9 Å². The molecule has 2 saturated heterocycles. The lowest BCUT2D eigenvalue weighted by molar-refractivity contribution is -0.193. The van der Waals surface area contributed by atoms with E-state index in [1.807, 2.05) is 0 Å². The van der Waals surface area contributed by atoms with E-state index in [0.717, 1.165) is 76.6 Å². The van der Waals surface area contributed by atoms with E-state index in [-0.39, 0.29) is 42.5 Å². The SMILES string of the molecule is CCC#CCC(C)[C@@H](/C=C/[C@@H]1[C@H]2C/C(=C(/F)CO)C[C@H]2C[C@H]1OC1CCCCO1)OC1CCCCO1. The summed E-state index contributed by atoms with van der Waals surface area (Å²) in [6, 6.07) is 0. The van der Waals surface area contributed by atoms with Gasteiger partial charge in [0.25, 0.3) is 0 Å². The number of hydrogen-bond donors (Lipinski definition) is 1. The number of allylic oxidation sites excluding steroid dienone is 1. The van der Waals surface area contributed by atoms with Crippen molar-refractivity contribution in [1.82, 2.24) is 0 Å². The molecule has 4 aliphatic rings. The molecule has 0 aromatic heterocycles. The van der Waals surface area contributed by atoms with E-state index in [2.05, 4.69) is 37.8 Å². The first-order chi connectivity index (χ1) is 17.6. The van der Waals surface area contributed by atoms with Gasteiger partial charge in [-0.05, 0) is 81.1 Å². The van der Waals surface area contributed by atoms with E-state index in [0.29, 0.717) is 24.7 Å². The van der Waals surface area contributed by atoms with Gasteiger partial charge in [-0.3, -0.25) is 0 Å². The van der Waals surface area contributed by atoms with E-state index >= 15 is 0 Å². The van der Waals surface area contributed by atoms with Crippen LogP contribution in [0.15, 0.2) is 23.6 Å². The number of halogens is 1. The van der Waals surface area contributed by atoms with Crippen LogP contribution in [0.1, 0.15) is 84.5 Å². The van der Waals surface area contributed by atoms with Crippen LogP contribution in [0.25, 0.3) is 0 Å². The van der Waals surface area contributed by atoms with Gasteiger partial charge >= 0.3 is 0 Å². The Morgan fingerprint density at radius 3 is 2.53 bits per heavy atom. The summed E-state index contributed by atoms with van der Waals surface area (Å²) >= 11 is 0. The summed E-state index contributed by atoms with van der Waals surface area (Å²) < 4.78 is 39.1. The lowest BCUT2D eigenvalue weighted by Crippen LogP contribution is -2.32. The Bertz CT molecular complexity index is 802. The van der Waals surface area contributed by atoms with Gasteiger partial charge in [0.2, 0.25) is 0 Å². The van der Waals surface area contributed by atoms with Crippen molar-refractivity contribution in [1.29, 1.82) is 0 Å². The summed E-state index contributed by atoms with van der Waals surface area (Å²) in [4.78, 5) is 0. The van der Waals surface area contributed by atoms with Crippen molar-refractivity contribution in [2.75, 3.05) is 19.8 Å². The monoisotopic (exact) mass is 504 g/mol. The zero-order chi connectivity index (χ0) is 25.3. The molecule has 4 fully saturated rings. The molecule has 0 aromatic rings. The molecule has 0 aromatic carbocycles. The minimum Gasteiger partial charge on any atom is -0.389 e. The fourth-order valence-electron chi connectivity index (χ4n) is 6.28. The second-order valence-corrected chi connectivity index (χ2v) is 11.0. The quantitative estimate of drug-likeness (QED) is 0.305. The molecule has 202 valence electrons. The van der Waals surface area contributed by atoms with Crippen molar-refractivity contribution in [3.05, 3.63) is 23.6 Å². The molecule has 2 saturated carbocycles. The van der Waals surface area contributed by atoms with E-state index in [9.17, 15) is 9.50 Å². The molecule has 5 nitrogen and oxygen atoms in total. The van der Waals surface area contributed by atoms with Crippen LogP contribution in [0.2, 0.25) is 0 Å². The van der Waals surface area contributed by atoms with Crippen molar-refractivity contribution in [3.8, 4) is 11.8 Å². The molecule has 6 heteroatoms. The van der Waals surface area contributed by atoms with Gasteiger partial charge in [0.1, 0.15) is 5.83 Å². The van der Waals surface area contributed by atoms with Gasteiger partial charge in [-0.1, -0.05) is 26.0 Å².